The molecule has 0 aromatic rings. The van der Waals surface area contributed by atoms with Crippen molar-refractivity contribution in [2.45, 2.75) is 163 Å². The molecule has 0 bridgehead atoms. The number of hydrogen-bond acceptors (Lipinski definition) is 14. The quantitative estimate of drug-likeness (QED) is 0.283. The Kier molecular flexibility index (Phi) is 7.73. The molecule has 0 aromatic carbocycles. The third-order valence-electron chi connectivity index (χ3n) is 18.6. The van der Waals surface area contributed by atoms with E-state index in [-0.39, 0.29) is 82.7 Å². The number of carbonyl (C=O) groups excluding carboxylic acids is 2. The summed E-state index contributed by atoms with van der Waals surface area (Å²) in [6, 6.07) is 0. The summed E-state index contributed by atoms with van der Waals surface area (Å²) in [7, 11) is 6.47. The molecule has 0 radical (unpaired) electrons. The van der Waals surface area contributed by atoms with Gasteiger partial charge in [0.15, 0.2) is 11.2 Å². The lowest BCUT2D eigenvalue weighted by molar-refractivity contribution is -0.229. The highest BCUT2D eigenvalue weighted by atomic mass is 16.8. The highest BCUT2D eigenvalue weighted by Gasteiger charge is 3.01. The SMILES string of the molecule is COC1C2OC23C2(OC2CC2C4=C(CC[C@@]23C)C(=O)OC4)C(O)C1(O)C(C)C.COCC1=C(C(=O)OC)CC[C@@]2(C)C1CC1OC13C(OC)C1(C(C)C)OC1C1OC132. The summed E-state index contributed by atoms with van der Waals surface area (Å²) in [6.07, 6.45) is 2.18. The monoisotopic (exact) mass is 812 g/mol. The van der Waals surface area contributed by atoms with Gasteiger partial charge in [-0.1, -0.05) is 41.5 Å². The minimum Gasteiger partial charge on any atom is -0.466 e. The summed E-state index contributed by atoms with van der Waals surface area (Å²) < 4.78 is 60.3. The van der Waals surface area contributed by atoms with Crippen LogP contribution in [0.25, 0.3) is 0 Å². The molecule has 4 spiro atoms. The number of esters is 2. The lowest BCUT2D eigenvalue weighted by atomic mass is 9.45. The van der Waals surface area contributed by atoms with Crippen LogP contribution >= 0.6 is 0 Å². The molecule has 12 rings (SSSR count). The third kappa shape index (κ3) is 3.83. The van der Waals surface area contributed by atoms with Gasteiger partial charge < -0.3 is 57.6 Å². The van der Waals surface area contributed by atoms with E-state index >= 15 is 0 Å². The smallest absolute Gasteiger partial charge is 0.334 e. The zero-order valence-electron chi connectivity index (χ0n) is 35.4. The van der Waals surface area contributed by atoms with Crippen molar-refractivity contribution >= 4 is 11.9 Å². The molecule has 4 saturated carbocycles. The lowest BCUT2D eigenvalue weighted by Gasteiger charge is -2.57. The lowest BCUT2D eigenvalue weighted by Crippen LogP contribution is -2.76. The normalized spacial score (nSPS) is 56.3. The van der Waals surface area contributed by atoms with Crippen LogP contribution in [0.15, 0.2) is 22.3 Å². The number of hydrogen-bond donors (Lipinski definition) is 2. The van der Waals surface area contributed by atoms with E-state index in [1.165, 1.54) is 7.11 Å². The Labute approximate surface area is 339 Å². The molecule has 0 amide bonds. The van der Waals surface area contributed by atoms with Crippen molar-refractivity contribution in [3.05, 3.63) is 22.3 Å². The number of ether oxygens (including phenoxy) is 10. The largest absolute Gasteiger partial charge is 0.466 e. The van der Waals surface area contributed by atoms with Gasteiger partial charge >= 0.3 is 11.9 Å². The van der Waals surface area contributed by atoms with E-state index < -0.39 is 40.2 Å². The summed E-state index contributed by atoms with van der Waals surface area (Å²) in [4.78, 5) is 24.7. The van der Waals surface area contributed by atoms with Crippen molar-refractivity contribution in [3.63, 3.8) is 0 Å². The second-order valence-electron chi connectivity index (χ2n) is 20.5. The van der Waals surface area contributed by atoms with Crippen molar-refractivity contribution in [1.29, 1.82) is 0 Å². The Balaban J connectivity index is 0.000000133. The molecule has 58 heavy (non-hydrogen) atoms. The number of methoxy groups -OCH3 is 4. The number of carbonyl (C=O) groups is 2. The van der Waals surface area contributed by atoms with E-state index in [9.17, 15) is 19.8 Å². The molecule has 6 aliphatic carbocycles. The molecule has 9 fully saturated rings. The minimum atomic E-state index is -1.44. The van der Waals surface area contributed by atoms with Crippen LogP contribution in [0.4, 0.5) is 0 Å². The highest BCUT2D eigenvalue weighted by molar-refractivity contribution is 5.92. The van der Waals surface area contributed by atoms with E-state index in [1.807, 2.05) is 13.8 Å². The number of fused-ring (bicyclic) bond motifs is 5. The Morgan fingerprint density at radius 1 is 0.810 bits per heavy atom. The molecule has 2 N–H and O–H groups in total. The molecular weight excluding hydrogens is 752 g/mol. The molecule has 5 saturated heterocycles. The fraction of sp³-hybridized carbons (Fsp3) is 0.864. The van der Waals surface area contributed by atoms with Crippen LogP contribution in [-0.2, 0) is 57.0 Å². The van der Waals surface area contributed by atoms with Crippen molar-refractivity contribution in [1.82, 2.24) is 0 Å². The van der Waals surface area contributed by atoms with Crippen LogP contribution in [0.1, 0.15) is 80.1 Å². The van der Waals surface area contributed by atoms with E-state index in [0.717, 1.165) is 41.6 Å². The highest BCUT2D eigenvalue weighted by Crippen LogP contribution is 2.84. The maximum Gasteiger partial charge on any atom is 0.334 e. The average molecular weight is 813 g/mol. The van der Waals surface area contributed by atoms with Crippen molar-refractivity contribution in [2.75, 3.05) is 41.7 Å². The van der Waals surface area contributed by atoms with Gasteiger partial charge in [0.05, 0.1) is 25.9 Å². The van der Waals surface area contributed by atoms with Gasteiger partial charge in [0, 0.05) is 43.3 Å². The maximum absolute atomic E-state index is 12.5. The first-order valence-corrected chi connectivity index (χ1v) is 21.5. The van der Waals surface area contributed by atoms with E-state index in [1.54, 1.807) is 21.3 Å². The van der Waals surface area contributed by atoms with Gasteiger partial charge in [-0.2, -0.15) is 0 Å². The number of aliphatic hydroxyl groups is 2. The van der Waals surface area contributed by atoms with Gasteiger partial charge in [0.25, 0.3) is 0 Å². The van der Waals surface area contributed by atoms with Crippen LogP contribution in [0.5, 0.6) is 0 Å². The first kappa shape index (κ1) is 38.9. The summed E-state index contributed by atoms with van der Waals surface area (Å²) >= 11 is 0. The standard InChI is InChI=1S/C23H32O7.C21H28O7/c1-11(2)21-16(29-21)17-23(30-17)20(3)8-7-12(18(24)26-5)13(10-25-4)14(20)9-15-22(23,28-15)19(21)27-6;1-9(2)19(24)14(25-4)15-21(28-15)18(3)6-5-10-11(8-26-16(10)22)12(18)7-13-20(21,27-13)17(19)23/h11,14-17,19H,7-10H2,1-6H3;9,12-15,17,23-24H,5-8H2,1-4H3/t14?,15?,16?,17?,19?,20-,21?,22?,23?;12?,13?,14?,15?,17?,18-,19?,20?,21?/m00/s1. The van der Waals surface area contributed by atoms with Crippen LogP contribution in [0, 0.1) is 34.5 Å². The van der Waals surface area contributed by atoms with Crippen LogP contribution < -0.4 is 0 Å². The minimum absolute atomic E-state index is 0.0209. The second kappa shape index (κ2) is 11.5. The Hall–Kier alpha value is -1.98. The first-order chi connectivity index (χ1) is 27.5. The summed E-state index contributed by atoms with van der Waals surface area (Å²) in [5.41, 5.74) is -1.05. The summed E-state index contributed by atoms with van der Waals surface area (Å²) in [6.45, 7) is 13.5. The third-order valence-corrected chi connectivity index (χ3v) is 18.6. The van der Waals surface area contributed by atoms with Crippen molar-refractivity contribution < 1.29 is 67.2 Å². The molecule has 18 atom stereocenters. The van der Waals surface area contributed by atoms with Gasteiger partial charge in [0.1, 0.15) is 65.6 Å². The molecule has 12 aliphatic rings. The Morgan fingerprint density at radius 2 is 1.45 bits per heavy atom. The molecular formula is C44H60O14. The van der Waals surface area contributed by atoms with Gasteiger partial charge in [-0.05, 0) is 73.3 Å². The second-order valence-corrected chi connectivity index (χ2v) is 20.5. The molecule has 14 heteroatoms. The predicted molar refractivity (Wildman–Crippen MR) is 200 cm³/mol. The molecule has 14 nitrogen and oxygen atoms in total. The zero-order chi connectivity index (χ0) is 41.1. The predicted octanol–water partition coefficient (Wildman–Crippen LogP) is 2.73. The number of aliphatic hydroxyl groups excluding tert-OH is 1. The van der Waals surface area contributed by atoms with E-state index in [0.29, 0.717) is 38.4 Å². The fourth-order valence-electron chi connectivity index (χ4n) is 15.7. The van der Waals surface area contributed by atoms with Crippen LogP contribution in [-0.4, -0.2) is 146 Å². The molecule has 320 valence electrons. The number of cyclic esters (lactones) is 1. The molecule has 16 unspecified atom stereocenters. The molecule has 0 aromatic heterocycles. The summed E-state index contributed by atoms with van der Waals surface area (Å²) in [5, 5.41) is 23.1. The van der Waals surface area contributed by atoms with Gasteiger partial charge in [-0.25, -0.2) is 9.59 Å². The zero-order valence-corrected chi connectivity index (χ0v) is 35.4. The van der Waals surface area contributed by atoms with Gasteiger partial charge in [-0.15, -0.1) is 0 Å². The molecule has 6 aliphatic heterocycles. The average Bonchev–Trinajstić information content (AvgIpc) is 3.97. The van der Waals surface area contributed by atoms with Gasteiger partial charge in [0.2, 0.25) is 0 Å². The Morgan fingerprint density at radius 3 is 2.10 bits per heavy atom. The topological polar surface area (TPSA) is 183 Å². The van der Waals surface area contributed by atoms with Gasteiger partial charge in [-0.3, -0.25) is 0 Å². The van der Waals surface area contributed by atoms with Crippen molar-refractivity contribution in [3.8, 4) is 0 Å². The molecule has 6 heterocycles. The number of epoxide rings is 5. The van der Waals surface area contributed by atoms with Crippen LogP contribution in [0.2, 0.25) is 0 Å². The van der Waals surface area contributed by atoms with E-state index in [4.69, 9.17) is 47.4 Å². The van der Waals surface area contributed by atoms with Crippen LogP contribution in [0.3, 0.4) is 0 Å². The number of rotatable bonds is 7. The van der Waals surface area contributed by atoms with Crippen molar-refractivity contribution in [2.24, 2.45) is 34.5 Å². The first-order valence-electron chi connectivity index (χ1n) is 21.5. The maximum atomic E-state index is 12.5. The van der Waals surface area contributed by atoms with E-state index in [2.05, 4.69) is 27.7 Å². The fourth-order valence-corrected chi connectivity index (χ4v) is 15.7. The Bertz CT molecular complexity index is 1950. The summed E-state index contributed by atoms with van der Waals surface area (Å²) in [5.74, 6) is -0.0752.